The Morgan fingerprint density at radius 3 is 2.41 bits per heavy atom. The van der Waals surface area contributed by atoms with Gasteiger partial charge in [0.25, 0.3) is 10.1 Å². The molecule has 0 bridgehead atoms. The van der Waals surface area contributed by atoms with Crippen molar-refractivity contribution in [3.05, 3.63) is 42.0 Å². The van der Waals surface area contributed by atoms with E-state index in [0.29, 0.717) is 20.9 Å². The number of rotatable bonds is 2. The molecule has 3 aromatic rings. The Balaban J connectivity index is 0.00000176. The van der Waals surface area contributed by atoms with Gasteiger partial charge in [0.2, 0.25) is 0 Å². The van der Waals surface area contributed by atoms with Gasteiger partial charge in [0.15, 0.2) is 0 Å². The third-order valence-corrected chi connectivity index (χ3v) is 5.20. The fourth-order valence-electron chi connectivity index (χ4n) is 2.08. The van der Waals surface area contributed by atoms with Gasteiger partial charge >= 0.3 is 0 Å². The van der Waals surface area contributed by atoms with E-state index in [9.17, 15) is 13.0 Å². The van der Waals surface area contributed by atoms with Crippen molar-refractivity contribution in [1.82, 2.24) is 4.98 Å². The van der Waals surface area contributed by atoms with Gasteiger partial charge in [-0.3, -0.25) is 4.55 Å². The fraction of sp³-hybridized carbons (Fsp3) is 0.0714. The van der Waals surface area contributed by atoms with E-state index in [0.717, 1.165) is 11.1 Å². The number of aromatic nitrogens is 1. The summed E-state index contributed by atoms with van der Waals surface area (Å²) in [6.07, 6.45) is 0. The van der Waals surface area contributed by atoms with Crippen molar-refractivity contribution in [2.45, 2.75) is 11.8 Å². The number of hydrogen-bond acceptors (Lipinski definition) is 5. The van der Waals surface area contributed by atoms with Crippen molar-refractivity contribution >= 4 is 66.9 Å². The Bertz CT molecular complexity index is 935. The molecule has 2 aromatic carbocycles. The van der Waals surface area contributed by atoms with E-state index in [1.54, 1.807) is 25.1 Å². The molecule has 1 radical (unpaired) electrons. The minimum atomic E-state index is -4.28. The number of fused-ring (bicyclic) bond motifs is 1. The minimum Gasteiger partial charge on any atom is -0.399 e. The summed E-state index contributed by atoms with van der Waals surface area (Å²) in [5.41, 5.74) is 8.43. The molecule has 0 aliphatic heterocycles. The Labute approximate surface area is 154 Å². The van der Waals surface area contributed by atoms with E-state index in [1.807, 2.05) is 12.1 Å². The summed E-state index contributed by atoms with van der Waals surface area (Å²) in [5.74, 6) is 0. The molecule has 0 saturated carbocycles. The topological polar surface area (TPSA) is 93.3 Å². The van der Waals surface area contributed by atoms with E-state index in [-0.39, 0.29) is 34.5 Å². The molecule has 0 saturated heterocycles. The first-order valence-electron chi connectivity index (χ1n) is 6.09. The molecular formula is C14H12N2NaO3S2. The molecule has 3 N–H and O–H groups in total. The van der Waals surface area contributed by atoms with Gasteiger partial charge in [0.1, 0.15) is 9.90 Å². The third kappa shape index (κ3) is 3.34. The van der Waals surface area contributed by atoms with Crippen LogP contribution in [-0.4, -0.2) is 47.5 Å². The third-order valence-electron chi connectivity index (χ3n) is 3.04. The Morgan fingerprint density at radius 1 is 1.18 bits per heavy atom. The van der Waals surface area contributed by atoms with Crippen LogP contribution in [0.5, 0.6) is 0 Å². The van der Waals surface area contributed by atoms with Crippen LogP contribution in [0.15, 0.2) is 41.3 Å². The zero-order valence-corrected chi connectivity index (χ0v) is 15.7. The summed E-state index contributed by atoms with van der Waals surface area (Å²) in [4.78, 5) is 4.35. The largest absolute Gasteiger partial charge is 0.399 e. The number of hydrogen-bond donors (Lipinski definition) is 2. The van der Waals surface area contributed by atoms with Gasteiger partial charge in [-0.2, -0.15) is 8.42 Å². The molecule has 0 unspecified atom stereocenters. The Hall–Kier alpha value is -0.960. The van der Waals surface area contributed by atoms with Crippen LogP contribution in [-0.2, 0) is 10.1 Å². The predicted molar refractivity (Wildman–Crippen MR) is 89.8 cm³/mol. The molecule has 8 heteroatoms. The summed E-state index contributed by atoms with van der Waals surface area (Å²) in [7, 11) is -4.28. The van der Waals surface area contributed by atoms with Crippen molar-refractivity contribution in [3.63, 3.8) is 0 Å². The van der Waals surface area contributed by atoms with Gasteiger partial charge in [0, 0.05) is 40.8 Å². The molecule has 109 valence electrons. The average Bonchev–Trinajstić information content (AvgIpc) is 2.80. The molecule has 1 heterocycles. The van der Waals surface area contributed by atoms with Crippen LogP contribution < -0.4 is 5.73 Å². The van der Waals surface area contributed by atoms with Crippen LogP contribution in [0.25, 0.3) is 20.8 Å². The second kappa shape index (κ2) is 6.27. The maximum Gasteiger partial charge on any atom is 0.296 e. The average molecular weight is 343 g/mol. The van der Waals surface area contributed by atoms with Crippen LogP contribution in [0.1, 0.15) is 5.56 Å². The number of nitrogens with zero attached hydrogens (tertiary/aromatic N) is 1. The molecular weight excluding hydrogens is 331 g/mol. The van der Waals surface area contributed by atoms with Crippen molar-refractivity contribution in [1.29, 1.82) is 0 Å². The van der Waals surface area contributed by atoms with Crippen molar-refractivity contribution in [3.8, 4) is 10.6 Å². The molecule has 0 amide bonds. The van der Waals surface area contributed by atoms with Crippen LogP contribution >= 0.6 is 11.3 Å². The standard InChI is InChI=1S/C14H12N2O3S2.Na/c1-8-6-11-13(12(7-8)21(17,18)19)20-14(16-11)9-2-4-10(15)5-3-9;/h2-7H,15H2,1H3,(H,17,18,19);. The maximum absolute atomic E-state index is 11.5. The quantitative estimate of drug-likeness (QED) is 0.424. The van der Waals surface area contributed by atoms with Crippen LogP contribution in [0.2, 0.25) is 0 Å². The maximum atomic E-state index is 11.5. The summed E-state index contributed by atoms with van der Waals surface area (Å²) < 4.78 is 32.8. The smallest absolute Gasteiger partial charge is 0.296 e. The summed E-state index contributed by atoms with van der Waals surface area (Å²) in [6, 6.07) is 10.4. The normalized spacial score (nSPS) is 11.4. The summed E-state index contributed by atoms with van der Waals surface area (Å²) in [6.45, 7) is 1.76. The van der Waals surface area contributed by atoms with Crippen molar-refractivity contribution < 1.29 is 13.0 Å². The first kappa shape index (κ1) is 17.4. The van der Waals surface area contributed by atoms with Gasteiger partial charge < -0.3 is 5.73 Å². The number of anilines is 1. The van der Waals surface area contributed by atoms with Crippen LogP contribution in [0.4, 0.5) is 5.69 Å². The minimum absolute atomic E-state index is 0. The van der Waals surface area contributed by atoms with E-state index in [4.69, 9.17) is 5.73 Å². The number of thiazole rings is 1. The van der Waals surface area contributed by atoms with E-state index >= 15 is 0 Å². The molecule has 1 aromatic heterocycles. The molecule has 0 fully saturated rings. The van der Waals surface area contributed by atoms with Gasteiger partial charge in [-0.25, -0.2) is 4.98 Å². The van der Waals surface area contributed by atoms with Gasteiger partial charge in [0.05, 0.1) is 10.2 Å². The van der Waals surface area contributed by atoms with Gasteiger partial charge in [-0.1, -0.05) is 0 Å². The second-order valence-electron chi connectivity index (χ2n) is 4.73. The van der Waals surface area contributed by atoms with Crippen LogP contribution in [0.3, 0.4) is 0 Å². The summed E-state index contributed by atoms with van der Waals surface area (Å²) in [5, 5.41) is 0.681. The Morgan fingerprint density at radius 2 is 1.82 bits per heavy atom. The molecule has 3 rings (SSSR count). The van der Waals surface area contributed by atoms with E-state index < -0.39 is 10.1 Å². The van der Waals surface area contributed by atoms with Crippen molar-refractivity contribution in [2.75, 3.05) is 5.73 Å². The zero-order chi connectivity index (χ0) is 15.2. The van der Waals surface area contributed by atoms with Gasteiger partial charge in [-0.15, -0.1) is 11.3 Å². The predicted octanol–water partition coefficient (Wildman–Crippen LogP) is 2.72. The SMILES string of the molecule is Cc1cc(S(=O)(=O)O)c2sc(-c3ccc(N)cc3)nc2c1.[Na]. The van der Waals surface area contributed by atoms with Crippen LogP contribution in [0, 0.1) is 6.92 Å². The molecule has 5 nitrogen and oxygen atoms in total. The van der Waals surface area contributed by atoms with E-state index in [1.165, 1.54) is 17.4 Å². The number of nitrogen functional groups attached to an aromatic ring is 1. The first-order valence-corrected chi connectivity index (χ1v) is 8.35. The number of benzene rings is 2. The van der Waals surface area contributed by atoms with E-state index in [2.05, 4.69) is 4.98 Å². The number of nitrogens with two attached hydrogens (primary N) is 1. The molecule has 0 atom stereocenters. The number of aryl methyl sites for hydroxylation is 1. The molecule has 22 heavy (non-hydrogen) atoms. The fourth-order valence-corrected chi connectivity index (χ4v) is 4.15. The van der Waals surface area contributed by atoms with Gasteiger partial charge in [-0.05, 0) is 48.9 Å². The molecule has 0 spiro atoms. The Kier molecular flexibility index (Phi) is 4.96. The zero-order valence-electron chi connectivity index (χ0n) is 12.1. The summed E-state index contributed by atoms with van der Waals surface area (Å²) >= 11 is 1.23. The monoisotopic (exact) mass is 343 g/mol. The first-order chi connectivity index (χ1) is 9.84. The molecule has 0 aliphatic carbocycles. The molecule has 0 aliphatic rings. The van der Waals surface area contributed by atoms with Crippen molar-refractivity contribution in [2.24, 2.45) is 0 Å². The second-order valence-corrected chi connectivity index (χ2v) is 7.12.